The van der Waals surface area contributed by atoms with Crippen LogP contribution in [0.1, 0.15) is 29.7 Å². The van der Waals surface area contributed by atoms with E-state index in [1.807, 2.05) is 36.4 Å². The van der Waals surface area contributed by atoms with Crippen molar-refractivity contribution in [1.29, 1.82) is 0 Å². The molecule has 0 saturated carbocycles. The first-order valence-electron chi connectivity index (χ1n) is 7.46. The van der Waals surface area contributed by atoms with Gasteiger partial charge in [-0.2, -0.15) is 13.2 Å². The lowest BCUT2D eigenvalue weighted by atomic mass is 9.87. The Labute approximate surface area is 125 Å². The van der Waals surface area contributed by atoms with Crippen molar-refractivity contribution >= 4 is 21.7 Å². The number of aryl methyl sites for hydroxylation is 1. The number of hydrogen-bond donors (Lipinski definition) is 0. The van der Waals surface area contributed by atoms with Gasteiger partial charge in [0.05, 0.1) is 5.52 Å². The van der Waals surface area contributed by atoms with Crippen molar-refractivity contribution in [1.82, 2.24) is 4.98 Å². The summed E-state index contributed by atoms with van der Waals surface area (Å²) in [5.41, 5.74) is 1.04. The lowest BCUT2D eigenvalue weighted by Gasteiger charge is -2.22. The van der Waals surface area contributed by atoms with Crippen LogP contribution in [0.2, 0.25) is 0 Å². The maximum absolute atomic E-state index is 13.4. The molecular weight excluding hydrogens is 287 g/mol. The minimum atomic E-state index is -4.40. The van der Waals surface area contributed by atoms with E-state index in [4.69, 9.17) is 0 Å². The SMILES string of the molecule is FC(F)(F)c1nc2c(ccc3ccccc32)c2c1CCCC2. The molecule has 0 saturated heterocycles. The van der Waals surface area contributed by atoms with Gasteiger partial charge in [0, 0.05) is 10.8 Å². The van der Waals surface area contributed by atoms with Gasteiger partial charge in [0.15, 0.2) is 0 Å². The first-order valence-corrected chi connectivity index (χ1v) is 7.46. The van der Waals surface area contributed by atoms with Gasteiger partial charge in [0.25, 0.3) is 0 Å². The standard InChI is InChI=1S/C18H14F3N/c19-18(20,21)17-15-8-4-3-7-13(15)14-10-9-11-5-1-2-6-12(11)16(14)22-17/h1-2,5-6,9-10H,3-4,7-8H2. The Kier molecular flexibility index (Phi) is 2.90. The lowest BCUT2D eigenvalue weighted by molar-refractivity contribution is -0.141. The Hall–Kier alpha value is -2.10. The minimum absolute atomic E-state index is 0.404. The summed E-state index contributed by atoms with van der Waals surface area (Å²) in [7, 11) is 0. The van der Waals surface area contributed by atoms with Crippen LogP contribution < -0.4 is 0 Å². The van der Waals surface area contributed by atoms with Crippen molar-refractivity contribution < 1.29 is 13.2 Å². The zero-order valence-electron chi connectivity index (χ0n) is 11.9. The third-order valence-corrected chi connectivity index (χ3v) is 4.47. The number of halogens is 3. The third kappa shape index (κ3) is 1.97. The molecule has 2 aromatic carbocycles. The maximum Gasteiger partial charge on any atom is 0.433 e. The molecule has 0 radical (unpaired) electrons. The average Bonchev–Trinajstić information content (AvgIpc) is 2.52. The second-order valence-electron chi connectivity index (χ2n) is 5.81. The van der Waals surface area contributed by atoms with Crippen LogP contribution in [0.3, 0.4) is 0 Å². The molecule has 22 heavy (non-hydrogen) atoms. The first-order chi connectivity index (χ1) is 10.6. The summed E-state index contributed by atoms with van der Waals surface area (Å²) in [6, 6.07) is 11.4. The smallest absolute Gasteiger partial charge is 0.242 e. The van der Waals surface area contributed by atoms with E-state index in [1.165, 1.54) is 0 Å². The number of hydrogen-bond acceptors (Lipinski definition) is 1. The summed E-state index contributed by atoms with van der Waals surface area (Å²) in [5.74, 6) is 0. The van der Waals surface area contributed by atoms with Crippen LogP contribution >= 0.6 is 0 Å². The van der Waals surface area contributed by atoms with E-state index in [1.54, 1.807) is 0 Å². The Morgan fingerprint density at radius 1 is 0.818 bits per heavy atom. The van der Waals surface area contributed by atoms with Gasteiger partial charge >= 0.3 is 6.18 Å². The van der Waals surface area contributed by atoms with Gasteiger partial charge in [-0.1, -0.05) is 36.4 Å². The van der Waals surface area contributed by atoms with Crippen molar-refractivity contribution in [2.24, 2.45) is 0 Å². The van der Waals surface area contributed by atoms with Crippen LogP contribution in [-0.2, 0) is 19.0 Å². The fourth-order valence-corrected chi connectivity index (χ4v) is 3.50. The normalized spacial score (nSPS) is 15.2. The highest BCUT2D eigenvalue weighted by Gasteiger charge is 2.37. The highest BCUT2D eigenvalue weighted by Crippen LogP contribution is 2.39. The van der Waals surface area contributed by atoms with E-state index in [2.05, 4.69) is 4.98 Å². The number of pyridine rings is 1. The van der Waals surface area contributed by atoms with Crippen LogP contribution in [0, 0.1) is 0 Å². The summed E-state index contributed by atoms with van der Waals surface area (Å²) in [6.07, 6.45) is -1.48. The Morgan fingerprint density at radius 2 is 1.55 bits per heavy atom. The molecule has 0 bridgehead atoms. The largest absolute Gasteiger partial charge is 0.433 e. The zero-order chi connectivity index (χ0) is 15.3. The Balaban J connectivity index is 2.18. The highest BCUT2D eigenvalue weighted by atomic mass is 19.4. The van der Waals surface area contributed by atoms with Crippen LogP contribution in [0.5, 0.6) is 0 Å². The predicted octanol–water partition coefficient (Wildman–Crippen LogP) is 5.29. The molecule has 1 nitrogen and oxygen atoms in total. The molecule has 0 unspecified atom stereocenters. The highest BCUT2D eigenvalue weighted by molar-refractivity contribution is 6.06. The summed E-state index contributed by atoms with van der Waals surface area (Å²) in [4.78, 5) is 4.06. The number of rotatable bonds is 0. The van der Waals surface area contributed by atoms with Gasteiger partial charge in [-0.15, -0.1) is 0 Å². The van der Waals surface area contributed by atoms with Gasteiger partial charge in [-0.3, -0.25) is 0 Å². The number of alkyl halides is 3. The van der Waals surface area contributed by atoms with Gasteiger partial charge in [0.2, 0.25) is 0 Å². The maximum atomic E-state index is 13.4. The number of aromatic nitrogens is 1. The quantitative estimate of drug-likeness (QED) is 0.514. The number of fused-ring (bicyclic) bond motifs is 5. The van der Waals surface area contributed by atoms with Gasteiger partial charge < -0.3 is 0 Å². The van der Waals surface area contributed by atoms with Crippen molar-refractivity contribution in [3.05, 3.63) is 53.2 Å². The fourth-order valence-electron chi connectivity index (χ4n) is 3.50. The fraction of sp³-hybridized carbons (Fsp3) is 0.278. The van der Waals surface area contributed by atoms with Crippen LogP contribution in [0.4, 0.5) is 13.2 Å². The molecule has 1 aliphatic rings. The molecule has 1 aromatic heterocycles. The van der Waals surface area contributed by atoms with Crippen LogP contribution in [0.15, 0.2) is 36.4 Å². The minimum Gasteiger partial charge on any atom is -0.242 e. The van der Waals surface area contributed by atoms with Gasteiger partial charge in [0.1, 0.15) is 5.69 Å². The van der Waals surface area contributed by atoms with Crippen molar-refractivity contribution in [2.75, 3.05) is 0 Å². The molecular formula is C18H14F3N. The average molecular weight is 301 g/mol. The summed E-state index contributed by atoms with van der Waals surface area (Å²) in [6.45, 7) is 0. The van der Waals surface area contributed by atoms with E-state index >= 15 is 0 Å². The van der Waals surface area contributed by atoms with Crippen LogP contribution in [-0.4, -0.2) is 4.98 Å². The van der Waals surface area contributed by atoms with E-state index in [9.17, 15) is 13.2 Å². The molecule has 0 spiro atoms. The molecule has 1 aliphatic carbocycles. The lowest BCUT2D eigenvalue weighted by Crippen LogP contribution is -2.17. The second kappa shape index (κ2) is 4.70. The number of nitrogens with zero attached hydrogens (tertiary/aromatic N) is 1. The first kappa shape index (κ1) is 13.6. The van der Waals surface area contributed by atoms with E-state index in [0.717, 1.165) is 34.6 Å². The third-order valence-electron chi connectivity index (χ3n) is 4.47. The van der Waals surface area contributed by atoms with Gasteiger partial charge in [-0.25, -0.2) is 4.98 Å². The molecule has 0 aliphatic heterocycles. The molecule has 0 atom stereocenters. The molecule has 3 aromatic rings. The summed E-state index contributed by atoms with van der Waals surface area (Å²) >= 11 is 0. The Bertz CT molecular complexity index is 881. The van der Waals surface area contributed by atoms with E-state index < -0.39 is 11.9 Å². The monoisotopic (exact) mass is 301 g/mol. The molecule has 0 N–H and O–H groups in total. The van der Waals surface area contributed by atoms with Crippen molar-refractivity contribution in [3.63, 3.8) is 0 Å². The molecule has 4 rings (SSSR count). The second-order valence-corrected chi connectivity index (χ2v) is 5.81. The predicted molar refractivity (Wildman–Crippen MR) is 80.9 cm³/mol. The molecule has 1 heterocycles. The number of benzene rings is 2. The van der Waals surface area contributed by atoms with Gasteiger partial charge in [-0.05, 0) is 42.2 Å². The summed E-state index contributed by atoms with van der Waals surface area (Å²) in [5, 5.41) is 2.59. The van der Waals surface area contributed by atoms with Crippen molar-refractivity contribution in [3.8, 4) is 0 Å². The van der Waals surface area contributed by atoms with E-state index in [-0.39, 0.29) is 0 Å². The Morgan fingerprint density at radius 3 is 2.32 bits per heavy atom. The van der Waals surface area contributed by atoms with E-state index in [0.29, 0.717) is 23.9 Å². The van der Waals surface area contributed by atoms with Crippen LogP contribution in [0.25, 0.3) is 21.7 Å². The topological polar surface area (TPSA) is 12.9 Å². The molecule has 112 valence electrons. The molecule has 4 heteroatoms. The summed E-state index contributed by atoms with van der Waals surface area (Å²) < 4.78 is 40.3. The molecule has 0 amide bonds. The van der Waals surface area contributed by atoms with Crippen molar-refractivity contribution in [2.45, 2.75) is 31.9 Å². The molecule has 0 fully saturated rings. The zero-order valence-corrected chi connectivity index (χ0v) is 11.9.